The third-order valence-electron chi connectivity index (χ3n) is 3.26. The Morgan fingerprint density at radius 1 is 1.48 bits per heavy atom. The van der Waals surface area contributed by atoms with Gasteiger partial charge >= 0.3 is 6.03 Å². The first-order valence-corrected chi connectivity index (χ1v) is 8.67. The molecule has 0 radical (unpaired) electrons. The van der Waals surface area contributed by atoms with Crippen LogP contribution in [0.4, 0.5) is 4.79 Å². The largest absolute Gasteiger partial charge is 0.496 e. The molecule has 2 amide bonds. The summed E-state index contributed by atoms with van der Waals surface area (Å²) in [5.41, 5.74) is 0.788. The molecule has 21 heavy (non-hydrogen) atoms. The van der Waals surface area contributed by atoms with Crippen LogP contribution in [0.5, 0.6) is 5.75 Å². The van der Waals surface area contributed by atoms with Crippen molar-refractivity contribution in [3.8, 4) is 5.75 Å². The highest BCUT2D eigenvalue weighted by Gasteiger charge is 2.28. The molecule has 0 spiro atoms. The Kier molecular flexibility index (Phi) is 4.95. The van der Waals surface area contributed by atoms with Gasteiger partial charge in [0.2, 0.25) is 0 Å². The quantitative estimate of drug-likeness (QED) is 0.871. The summed E-state index contributed by atoms with van der Waals surface area (Å²) in [5.74, 6) is 0.722. The lowest BCUT2D eigenvalue weighted by Gasteiger charge is -2.13. The molecule has 0 saturated carbocycles. The van der Waals surface area contributed by atoms with Gasteiger partial charge in [0.1, 0.15) is 5.75 Å². The molecule has 1 aromatic rings. The average molecular weight is 333 g/mol. The SMILES string of the molecule is COc1cc(Cl)ccc1CNC(=O)NC1CCS(=O)(=O)C1. The summed E-state index contributed by atoms with van der Waals surface area (Å²) in [7, 11) is -1.47. The smallest absolute Gasteiger partial charge is 0.315 e. The fraction of sp³-hybridized carbons (Fsp3) is 0.462. The fourth-order valence-corrected chi connectivity index (χ4v) is 4.02. The first kappa shape index (κ1) is 15.9. The summed E-state index contributed by atoms with van der Waals surface area (Å²) in [6, 6.07) is 4.43. The molecule has 0 bridgehead atoms. The van der Waals surface area contributed by atoms with E-state index >= 15 is 0 Å². The molecule has 1 atom stereocenters. The maximum atomic E-state index is 11.8. The van der Waals surface area contributed by atoms with E-state index in [1.54, 1.807) is 18.2 Å². The van der Waals surface area contributed by atoms with Crippen LogP contribution >= 0.6 is 11.6 Å². The molecule has 1 aliphatic heterocycles. The molecule has 6 nitrogen and oxygen atoms in total. The van der Waals surface area contributed by atoms with E-state index in [0.717, 1.165) is 5.56 Å². The number of benzene rings is 1. The number of halogens is 1. The van der Waals surface area contributed by atoms with Gasteiger partial charge in [-0.25, -0.2) is 13.2 Å². The van der Waals surface area contributed by atoms with Crippen molar-refractivity contribution in [3.63, 3.8) is 0 Å². The van der Waals surface area contributed by atoms with Crippen LogP contribution in [-0.2, 0) is 16.4 Å². The van der Waals surface area contributed by atoms with E-state index in [1.165, 1.54) is 7.11 Å². The first-order valence-electron chi connectivity index (χ1n) is 6.47. The van der Waals surface area contributed by atoms with E-state index in [1.807, 2.05) is 0 Å². The molecule has 1 unspecified atom stereocenters. The molecular formula is C13H17ClN2O4S. The summed E-state index contributed by atoms with van der Waals surface area (Å²) >= 11 is 5.86. The number of methoxy groups -OCH3 is 1. The number of ether oxygens (including phenoxy) is 1. The molecule has 2 rings (SSSR count). The van der Waals surface area contributed by atoms with Crippen LogP contribution in [0.15, 0.2) is 18.2 Å². The molecule has 1 heterocycles. The van der Waals surface area contributed by atoms with Crippen molar-refractivity contribution in [3.05, 3.63) is 28.8 Å². The Morgan fingerprint density at radius 2 is 2.24 bits per heavy atom. The zero-order valence-corrected chi connectivity index (χ0v) is 13.1. The topological polar surface area (TPSA) is 84.5 Å². The second kappa shape index (κ2) is 6.53. The number of carbonyl (C=O) groups excluding carboxylic acids is 1. The lowest BCUT2D eigenvalue weighted by Crippen LogP contribution is -2.42. The maximum Gasteiger partial charge on any atom is 0.315 e. The number of urea groups is 1. The van der Waals surface area contributed by atoms with Gasteiger partial charge in [-0.3, -0.25) is 0 Å². The van der Waals surface area contributed by atoms with Crippen molar-refractivity contribution >= 4 is 27.5 Å². The molecule has 116 valence electrons. The Hall–Kier alpha value is -1.47. The lowest BCUT2D eigenvalue weighted by atomic mass is 10.2. The number of rotatable bonds is 4. The van der Waals surface area contributed by atoms with Crippen molar-refractivity contribution in [2.24, 2.45) is 0 Å². The van der Waals surface area contributed by atoms with Gasteiger partial charge in [-0.1, -0.05) is 17.7 Å². The van der Waals surface area contributed by atoms with E-state index < -0.39 is 15.9 Å². The van der Waals surface area contributed by atoms with Crippen molar-refractivity contribution in [2.45, 2.75) is 19.0 Å². The highest BCUT2D eigenvalue weighted by atomic mass is 35.5. The zero-order chi connectivity index (χ0) is 15.5. The molecule has 8 heteroatoms. The van der Waals surface area contributed by atoms with Crippen LogP contribution in [0.1, 0.15) is 12.0 Å². The molecule has 1 saturated heterocycles. The van der Waals surface area contributed by atoms with E-state index in [4.69, 9.17) is 16.3 Å². The fourth-order valence-electron chi connectivity index (χ4n) is 2.19. The van der Waals surface area contributed by atoms with Crippen LogP contribution in [0.3, 0.4) is 0 Å². The van der Waals surface area contributed by atoms with Gasteiger partial charge in [-0.05, 0) is 18.6 Å². The van der Waals surface area contributed by atoms with Crippen molar-refractivity contribution in [2.75, 3.05) is 18.6 Å². The first-order chi connectivity index (χ1) is 9.89. The van der Waals surface area contributed by atoms with Gasteiger partial charge in [-0.15, -0.1) is 0 Å². The Bertz CT molecular complexity index is 633. The molecule has 0 aliphatic carbocycles. The van der Waals surface area contributed by atoms with Gasteiger partial charge < -0.3 is 15.4 Å². The molecule has 0 aromatic heterocycles. The van der Waals surface area contributed by atoms with E-state index in [0.29, 0.717) is 17.2 Å². The van der Waals surface area contributed by atoms with E-state index in [9.17, 15) is 13.2 Å². The number of hydrogen-bond donors (Lipinski definition) is 2. The Labute approximate surface area is 128 Å². The predicted molar refractivity (Wildman–Crippen MR) is 80.4 cm³/mol. The second-order valence-electron chi connectivity index (χ2n) is 4.88. The lowest BCUT2D eigenvalue weighted by molar-refractivity contribution is 0.237. The molecule has 1 aromatic carbocycles. The summed E-state index contributed by atoms with van der Waals surface area (Å²) in [6.07, 6.45) is 0.458. The summed E-state index contributed by atoms with van der Waals surface area (Å²) < 4.78 is 27.8. The second-order valence-corrected chi connectivity index (χ2v) is 7.55. The monoisotopic (exact) mass is 332 g/mol. The van der Waals surface area contributed by atoms with Crippen molar-refractivity contribution < 1.29 is 17.9 Å². The minimum absolute atomic E-state index is 0.00465. The van der Waals surface area contributed by atoms with Gasteiger partial charge in [0.15, 0.2) is 9.84 Å². The standard InChI is InChI=1S/C13H17ClN2O4S/c1-20-12-6-10(14)3-2-9(12)7-15-13(17)16-11-4-5-21(18,19)8-11/h2-3,6,11H,4-5,7-8H2,1H3,(H2,15,16,17). The summed E-state index contributed by atoms with van der Waals surface area (Å²) in [6.45, 7) is 0.269. The Balaban J connectivity index is 1.87. The minimum atomic E-state index is -3.00. The van der Waals surface area contributed by atoms with E-state index in [2.05, 4.69) is 10.6 Å². The summed E-state index contributed by atoms with van der Waals surface area (Å²) in [4.78, 5) is 11.8. The minimum Gasteiger partial charge on any atom is -0.496 e. The maximum absolute atomic E-state index is 11.8. The number of sulfone groups is 1. The average Bonchev–Trinajstić information content (AvgIpc) is 2.76. The molecule has 2 N–H and O–H groups in total. The number of hydrogen-bond acceptors (Lipinski definition) is 4. The number of nitrogens with one attached hydrogen (secondary N) is 2. The third kappa shape index (κ3) is 4.50. The molecule has 1 aliphatic rings. The normalized spacial score (nSPS) is 20.0. The predicted octanol–water partition coefficient (Wildman–Crippen LogP) is 1.33. The van der Waals surface area contributed by atoms with E-state index in [-0.39, 0.29) is 24.1 Å². The van der Waals surface area contributed by atoms with Crippen LogP contribution in [0.25, 0.3) is 0 Å². The van der Waals surface area contributed by atoms with Crippen LogP contribution in [0, 0.1) is 0 Å². The zero-order valence-electron chi connectivity index (χ0n) is 11.6. The number of carbonyl (C=O) groups is 1. The van der Waals surface area contributed by atoms with Gasteiger partial charge in [0, 0.05) is 23.2 Å². The van der Waals surface area contributed by atoms with Crippen molar-refractivity contribution in [1.82, 2.24) is 10.6 Å². The van der Waals surface area contributed by atoms with Gasteiger partial charge in [-0.2, -0.15) is 0 Å². The Morgan fingerprint density at radius 3 is 2.86 bits per heavy atom. The van der Waals surface area contributed by atoms with Crippen LogP contribution in [0.2, 0.25) is 5.02 Å². The van der Waals surface area contributed by atoms with Gasteiger partial charge in [0.25, 0.3) is 0 Å². The highest BCUT2D eigenvalue weighted by Crippen LogP contribution is 2.22. The summed E-state index contributed by atoms with van der Waals surface area (Å²) in [5, 5.41) is 5.89. The molecular weight excluding hydrogens is 316 g/mol. The highest BCUT2D eigenvalue weighted by molar-refractivity contribution is 7.91. The van der Waals surface area contributed by atoms with Crippen LogP contribution in [-0.4, -0.2) is 39.1 Å². The van der Waals surface area contributed by atoms with Gasteiger partial charge in [0.05, 0.1) is 18.6 Å². The number of amides is 2. The molecule has 1 fully saturated rings. The third-order valence-corrected chi connectivity index (χ3v) is 5.26. The van der Waals surface area contributed by atoms with Crippen molar-refractivity contribution in [1.29, 1.82) is 0 Å². The van der Waals surface area contributed by atoms with Crippen LogP contribution < -0.4 is 15.4 Å².